The second-order valence-electron chi connectivity index (χ2n) is 4.06. The number of nitrogens with one attached hydrogen (secondary N) is 1. The summed E-state index contributed by atoms with van der Waals surface area (Å²) < 4.78 is 29.0. The third-order valence-electron chi connectivity index (χ3n) is 2.47. The fourth-order valence-corrected chi connectivity index (χ4v) is 3.63. The molecule has 1 N–H and O–H groups in total. The molecule has 0 atom stereocenters. The van der Waals surface area contributed by atoms with Crippen LogP contribution in [-0.4, -0.2) is 29.7 Å². The van der Waals surface area contributed by atoms with Gasteiger partial charge in [-0.2, -0.15) is 5.10 Å². The molecule has 0 bridgehead atoms. The van der Waals surface area contributed by atoms with E-state index in [-0.39, 0.29) is 16.5 Å². The van der Waals surface area contributed by atoms with Crippen molar-refractivity contribution in [2.45, 2.75) is 11.3 Å². The molecule has 0 spiro atoms. The van der Waals surface area contributed by atoms with E-state index in [4.69, 9.17) is 11.6 Å². The summed E-state index contributed by atoms with van der Waals surface area (Å²) in [7, 11) is -1.88. The number of aromatic nitrogens is 3. The van der Waals surface area contributed by atoms with Gasteiger partial charge in [0.05, 0.1) is 5.02 Å². The van der Waals surface area contributed by atoms with Crippen molar-refractivity contribution in [1.82, 2.24) is 19.5 Å². The zero-order valence-electron chi connectivity index (χ0n) is 10.5. The lowest BCUT2D eigenvalue weighted by molar-refractivity contribution is 0.580. The Morgan fingerprint density at radius 3 is 2.80 bits per heavy atom. The quantitative estimate of drug-likeness (QED) is 0.858. The average Bonchev–Trinajstić information content (AvgIpc) is 2.74. The minimum absolute atomic E-state index is 0.0522. The molecule has 6 nitrogen and oxygen atoms in total. The maximum absolute atomic E-state index is 12.1. The Morgan fingerprint density at radius 1 is 1.45 bits per heavy atom. The van der Waals surface area contributed by atoms with Gasteiger partial charge in [0, 0.05) is 24.5 Å². The number of sulfonamides is 1. The third kappa shape index (κ3) is 3.78. The summed E-state index contributed by atoms with van der Waals surface area (Å²) in [5.74, 6) is 0.581. The normalized spacial score (nSPS) is 11.8. The number of benzene rings is 1. The van der Waals surface area contributed by atoms with Gasteiger partial charge in [-0.3, -0.25) is 4.68 Å². The zero-order valence-corrected chi connectivity index (χ0v) is 13.7. The van der Waals surface area contributed by atoms with E-state index in [1.807, 2.05) is 0 Å². The van der Waals surface area contributed by atoms with Crippen LogP contribution in [0.25, 0.3) is 0 Å². The van der Waals surface area contributed by atoms with Crippen LogP contribution in [0.15, 0.2) is 33.9 Å². The van der Waals surface area contributed by atoms with Gasteiger partial charge in [0.25, 0.3) is 0 Å². The van der Waals surface area contributed by atoms with Crippen molar-refractivity contribution in [3.05, 3.63) is 39.8 Å². The second-order valence-corrected chi connectivity index (χ2v) is 7.12. The van der Waals surface area contributed by atoms with E-state index < -0.39 is 10.0 Å². The van der Waals surface area contributed by atoms with Crippen molar-refractivity contribution in [3.63, 3.8) is 0 Å². The Kier molecular flexibility index (Phi) is 4.79. The number of hydrogen-bond acceptors (Lipinski definition) is 4. The van der Waals surface area contributed by atoms with Gasteiger partial charge < -0.3 is 0 Å². The van der Waals surface area contributed by atoms with Crippen LogP contribution >= 0.6 is 27.5 Å². The highest BCUT2D eigenvalue weighted by molar-refractivity contribution is 9.10. The minimum Gasteiger partial charge on any atom is -0.256 e. The fourth-order valence-electron chi connectivity index (χ4n) is 1.57. The number of nitrogens with zero attached hydrogens (tertiary/aromatic N) is 3. The molecule has 2 aromatic rings. The molecule has 108 valence electrons. The zero-order chi connectivity index (χ0) is 14.8. The Bertz CT molecular complexity index is 717. The van der Waals surface area contributed by atoms with E-state index in [2.05, 4.69) is 30.7 Å². The molecular weight excluding hydrogens is 368 g/mol. The molecule has 2 rings (SSSR count). The molecule has 0 unspecified atom stereocenters. The SMILES string of the molecule is Cn1cnc(CCNS(=O)(=O)c2ccc(Br)cc2Cl)n1. The Morgan fingerprint density at radius 2 is 2.20 bits per heavy atom. The Balaban J connectivity index is 2.04. The van der Waals surface area contributed by atoms with Gasteiger partial charge in [-0.05, 0) is 18.2 Å². The minimum atomic E-state index is -3.64. The standard InChI is InChI=1S/C11H12BrClN4O2S/c1-17-7-14-11(16-17)4-5-15-20(18,19)10-3-2-8(12)6-9(10)13/h2-3,6-7,15H,4-5H2,1H3. The molecule has 0 fully saturated rings. The van der Waals surface area contributed by atoms with E-state index in [1.165, 1.54) is 12.1 Å². The van der Waals surface area contributed by atoms with E-state index >= 15 is 0 Å². The average molecular weight is 380 g/mol. The van der Waals surface area contributed by atoms with E-state index in [1.54, 1.807) is 24.1 Å². The van der Waals surface area contributed by atoms with Crippen molar-refractivity contribution >= 4 is 37.6 Å². The molecule has 0 aliphatic carbocycles. The highest BCUT2D eigenvalue weighted by Gasteiger charge is 2.17. The molecule has 0 radical (unpaired) electrons. The molecular formula is C11H12BrClN4O2S. The van der Waals surface area contributed by atoms with Crippen molar-refractivity contribution < 1.29 is 8.42 Å². The van der Waals surface area contributed by atoms with Crippen LogP contribution in [0.4, 0.5) is 0 Å². The maximum Gasteiger partial charge on any atom is 0.242 e. The number of aryl methyl sites for hydroxylation is 1. The first-order chi connectivity index (χ1) is 9.38. The van der Waals surface area contributed by atoms with Gasteiger partial charge in [0.2, 0.25) is 10.0 Å². The van der Waals surface area contributed by atoms with Crippen LogP contribution in [0.2, 0.25) is 5.02 Å². The highest BCUT2D eigenvalue weighted by Crippen LogP contribution is 2.24. The number of hydrogen-bond donors (Lipinski definition) is 1. The second kappa shape index (κ2) is 6.21. The molecule has 0 amide bonds. The molecule has 0 aliphatic heterocycles. The van der Waals surface area contributed by atoms with Crippen LogP contribution < -0.4 is 4.72 Å². The molecule has 0 saturated carbocycles. The predicted molar refractivity (Wildman–Crippen MR) is 79.0 cm³/mol. The third-order valence-corrected chi connectivity index (χ3v) is 4.91. The van der Waals surface area contributed by atoms with Gasteiger partial charge in [0.15, 0.2) is 5.82 Å². The predicted octanol–water partition coefficient (Wildman–Crippen LogP) is 1.75. The Hall–Kier alpha value is -0.960. The van der Waals surface area contributed by atoms with Crippen LogP contribution in [0.3, 0.4) is 0 Å². The van der Waals surface area contributed by atoms with Gasteiger partial charge in [-0.15, -0.1) is 0 Å². The number of halogens is 2. The summed E-state index contributed by atoms with van der Waals surface area (Å²) >= 11 is 9.17. The molecule has 1 heterocycles. The lowest BCUT2D eigenvalue weighted by Gasteiger charge is -2.07. The fraction of sp³-hybridized carbons (Fsp3) is 0.273. The van der Waals surface area contributed by atoms with Crippen LogP contribution in [-0.2, 0) is 23.5 Å². The molecule has 0 saturated heterocycles. The lowest BCUT2D eigenvalue weighted by atomic mass is 10.4. The van der Waals surface area contributed by atoms with E-state index in [0.29, 0.717) is 12.2 Å². The summed E-state index contributed by atoms with van der Waals surface area (Å²) in [5.41, 5.74) is 0. The topological polar surface area (TPSA) is 76.9 Å². The number of rotatable bonds is 5. The summed E-state index contributed by atoms with van der Waals surface area (Å²) in [6.07, 6.45) is 1.98. The van der Waals surface area contributed by atoms with Gasteiger partial charge >= 0.3 is 0 Å². The summed E-state index contributed by atoms with van der Waals surface area (Å²) in [6.45, 7) is 0.207. The van der Waals surface area contributed by atoms with Crippen molar-refractivity contribution in [3.8, 4) is 0 Å². The molecule has 9 heteroatoms. The highest BCUT2D eigenvalue weighted by atomic mass is 79.9. The monoisotopic (exact) mass is 378 g/mol. The van der Waals surface area contributed by atoms with Crippen LogP contribution in [0.1, 0.15) is 5.82 Å². The van der Waals surface area contributed by atoms with Crippen LogP contribution in [0.5, 0.6) is 0 Å². The lowest BCUT2D eigenvalue weighted by Crippen LogP contribution is -2.26. The summed E-state index contributed by atoms with van der Waals surface area (Å²) in [4.78, 5) is 4.07. The molecule has 20 heavy (non-hydrogen) atoms. The van der Waals surface area contributed by atoms with E-state index in [0.717, 1.165) is 4.47 Å². The van der Waals surface area contributed by atoms with Crippen molar-refractivity contribution in [2.75, 3.05) is 6.54 Å². The summed E-state index contributed by atoms with van der Waals surface area (Å²) in [5, 5.41) is 4.24. The Labute approximate surface area is 130 Å². The first-order valence-corrected chi connectivity index (χ1v) is 8.33. The first-order valence-electron chi connectivity index (χ1n) is 5.68. The van der Waals surface area contributed by atoms with Gasteiger partial charge in [-0.25, -0.2) is 18.1 Å². The molecule has 1 aromatic carbocycles. The van der Waals surface area contributed by atoms with Gasteiger partial charge in [0.1, 0.15) is 11.2 Å². The van der Waals surface area contributed by atoms with Crippen molar-refractivity contribution in [2.24, 2.45) is 7.05 Å². The van der Waals surface area contributed by atoms with Crippen LogP contribution in [0, 0.1) is 0 Å². The molecule has 0 aliphatic rings. The maximum atomic E-state index is 12.1. The van der Waals surface area contributed by atoms with E-state index in [9.17, 15) is 8.42 Å². The van der Waals surface area contributed by atoms with Gasteiger partial charge in [-0.1, -0.05) is 27.5 Å². The van der Waals surface area contributed by atoms with Crippen molar-refractivity contribution in [1.29, 1.82) is 0 Å². The largest absolute Gasteiger partial charge is 0.256 e. The summed E-state index contributed by atoms with van der Waals surface area (Å²) in [6, 6.07) is 4.62. The molecule has 1 aromatic heterocycles. The first kappa shape index (κ1) is 15.4. The smallest absolute Gasteiger partial charge is 0.242 e.